The van der Waals surface area contributed by atoms with Crippen molar-refractivity contribution in [2.24, 2.45) is 5.92 Å². The lowest BCUT2D eigenvalue weighted by atomic mass is 10.1. The first kappa shape index (κ1) is 19.2. The molecule has 2 aromatic rings. The largest absolute Gasteiger partial charge is 0.345 e. The Bertz CT molecular complexity index is 819. The van der Waals surface area contributed by atoms with Gasteiger partial charge in [0.1, 0.15) is 5.69 Å². The molecule has 0 unspecified atom stereocenters. The van der Waals surface area contributed by atoms with Crippen LogP contribution in [0.5, 0.6) is 0 Å². The van der Waals surface area contributed by atoms with Gasteiger partial charge < -0.3 is 9.88 Å². The van der Waals surface area contributed by atoms with Gasteiger partial charge in [0.25, 0.3) is 5.91 Å². The maximum absolute atomic E-state index is 12.9. The summed E-state index contributed by atoms with van der Waals surface area (Å²) in [5.74, 6) is 0.232. The van der Waals surface area contributed by atoms with Crippen molar-refractivity contribution >= 4 is 5.91 Å². The minimum absolute atomic E-state index is 0.161. The third kappa shape index (κ3) is 5.47. The normalized spacial score (nSPS) is 15.7. The van der Waals surface area contributed by atoms with Gasteiger partial charge in [-0.1, -0.05) is 19.9 Å². The molecular weight excluding hydrogens is 342 g/mol. The van der Waals surface area contributed by atoms with Gasteiger partial charge in [-0.15, -0.1) is 0 Å². The van der Waals surface area contributed by atoms with Crippen molar-refractivity contribution in [2.75, 3.05) is 26.2 Å². The van der Waals surface area contributed by atoms with Crippen LogP contribution in [0.25, 0.3) is 0 Å². The lowest BCUT2D eigenvalue weighted by molar-refractivity contribution is 0.0754. The number of pyridine rings is 1. The van der Waals surface area contributed by atoms with Gasteiger partial charge >= 0.3 is 5.69 Å². The van der Waals surface area contributed by atoms with Crippen molar-refractivity contribution in [1.82, 2.24) is 24.8 Å². The van der Waals surface area contributed by atoms with Crippen molar-refractivity contribution in [3.8, 4) is 0 Å². The minimum atomic E-state index is -0.455. The number of nitrogens with zero attached hydrogens (tertiary/aromatic N) is 4. The molecule has 0 saturated carbocycles. The molecule has 0 aromatic carbocycles. The van der Waals surface area contributed by atoms with Gasteiger partial charge in [0.15, 0.2) is 0 Å². The Labute approximate surface area is 159 Å². The molecule has 1 N–H and O–H groups in total. The van der Waals surface area contributed by atoms with E-state index in [0.717, 1.165) is 43.9 Å². The second-order valence-electron chi connectivity index (χ2n) is 7.44. The van der Waals surface area contributed by atoms with E-state index in [0.29, 0.717) is 19.0 Å². The van der Waals surface area contributed by atoms with Crippen LogP contribution in [0.2, 0.25) is 0 Å². The summed E-state index contributed by atoms with van der Waals surface area (Å²) < 4.78 is 0. The fourth-order valence-corrected chi connectivity index (χ4v) is 3.38. The third-order valence-corrected chi connectivity index (χ3v) is 4.64. The summed E-state index contributed by atoms with van der Waals surface area (Å²) in [5.41, 5.74) is 1.59. The monoisotopic (exact) mass is 369 g/mol. The van der Waals surface area contributed by atoms with Crippen molar-refractivity contribution < 1.29 is 4.79 Å². The SMILES string of the molecule is CC(C)Cc1cc(C(=O)N2CCCN(Cc3ccccn3)CC2)nc(=O)[nH]1. The summed E-state index contributed by atoms with van der Waals surface area (Å²) in [7, 11) is 0. The van der Waals surface area contributed by atoms with Gasteiger partial charge in [0.2, 0.25) is 0 Å². The number of rotatable bonds is 5. The van der Waals surface area contributed by atoms with Crippen molar-refractivity contribution in [1.29, 1.82) is 0 Å². The number of nitrogens with one attached hydrogen (secondary N) is 1. The maximum Gasteiger partial charge on any atom is 0.345 e. The molecule has 1 amide bonds. The first-order chi connectivity index (χ1) is 13.0. The Morgan fingerprint density at radius 3 is 2.81 bits per heavy atom. The van der Waals surface area contributed by atoms with Gasteiger partial charge in [-0.25, -0.2) is 4.79 Å². The Morgan fingerprint density at radius 1 is 1.22 bits per heavy atom. The Hall–Kier alpha value is -2.54. The zero-order chi connectivity index (χ0) is 19.2. The van der Waals surface area contributed by atoms with Gasteiger partial charge in [-0.2, -0.15) is 4.98 Å². The van der Waals surface area contributed by atoms with Crippen LogP contribution in [0, 0.1) is 5.92 Å². The molecule has 0 bridgehead atoms. The Morgan fingerprint density at radius 2 is 2.07 bits per heavy atom. The second kappa shape index (κ2) is 8.90. The first-order valence-electron chi connectivity index (χ1n) is 9.53. The van der Waals surface area contributed by atoms with Crippen LogP contribution < -0.4 is 5.69 Å². The highest BCUT2D eigenvalue weighted by atomic mass is 16.2. The van der Waals surface area contributed by atoms with Crippen LogP contribution in [-0.2, 0) is 13.0 Å². The van der Waals surface area contributed by atoms with Crippen LogP contribution in [0.4, 0.5) is 0 Å². The number of carbonyl (C=O) groups excluding carboxylic acids is 1. The summed E-state index contributed by atoms with van der Waals surface area (Å²) in [6, 6.07) is 7.64. The number of hydrogen-bond acceptors (Lipinski definition) is 5. The highest BCUT2D eigenvalue weighted by Crippen LogP contribution is 2.11. The summed E-state index contributed by atoms with van der Waals surface area (Å²) in [6.07, 6.45) is 3.41. The van der Waals surface area contributed by atoms with Crippen LogP contribution in [-0.4, -0.2) is 56.8 Å². The number of carbonyl (C=O) groups is 1. The highest BCUT2D eigenvalue weighted by Gasteiger charge is 2.22. The molecule has 2 aromatic heterocycles. The summed E-state index contributed by atoms with van der Waals surface area (Å²) in [5, 5.41) is 0. The Kier molecular flexibility index (Phi) is 6.34. The van der Waals surface area contributed by atoms with E-state index in [1.807, 2.05) is 18.2 Å². The number of aromatic nitrogens is 3. The third-order valence-electron chi connectivity index (χ3n) is 4.64. The lowest BCUT2D eigenvalue weighted by Crippen LogP contribution is -2.36. The number of aromatic amines is 1. The molecule has 3 heterocycles. The second-order valence-corrected chi connectivity index (χ2v) is 7.44. The van der Waals surface area contributed by atoms with Gasteiger partial charge in [0.05, 0.1) is 5.69 Å². The predicted octanol–water partition coefficient (Wildman–Crippen LogP) is 1.71. The molecule has 3 rings (SSSR count). The zero-order valence-corrected chi connectivity index (χ0v) is 16.0. The lowest BCUT2D eigenvalue weighted by Gasteiger charge is -2.21. The molecule has 27 heavy (non-hydrogen) atoms. The average molecular weight is 369 g/mol. The summed E-state index contributed by atoms with van der Waals surface area (Å²) >= 11 is 0. The number of amides is 1. The van der Waals surface area contributed by atoms with Crippen molar-refractivity contribution in [2.45, 2.75) is 33.2 Å². The number of hydrogen-bond donors (Lipinski definition) is 1. The molecule has 0 spiro atoms. The van der Waals surface area contributed by atoms with E-state index in [2.05, 4.69) is 33.7 Å². The standard InChI is InChI=1S/C20H27N5O2/c1-15(2)12-17-13-18(23-20(27)22-17)19(26)25-9-5-8-24(10-11-25)14-16-6-3-4-7-21-16/h3-4,6-7,13,15H,5,8-12,14H2,1-2H3,(H,22,23,27). The predicted molar refractivity (Wildman–Crippen MR) is 103 cm³/mol. The molecule has 0 atom stereocenters. The molecule has 0 radical (unpaired) electrons. The van der Waals surface area contributed by atoms with E-state index >= 15 is 0 Å². The van der Waals surface area contributed by atoms with E-state index in [4.69, 9.17) is 0 Å². The highest BCUT2D eigenvalue weighted by molar-refractivity contribution is 5.92. The van der Waals surface area contributed by atoms with Gasteiger partial charge in [-0.05, 0) is 37.0 Å². The molecule has 1 aliphatic rings. The maximum atomic E-state index is 12.9. The molecule has 1 saturated heterocycles. The van der Waals surface area contributed by atoms with Crippen LogP contribution in [0.15, 0.2) is 35.3 Å². The quantitative estimate of drug-likeness (QED) is 0.868. The molecule has 1 fully saturated rings. The fourth-order valence-electron chi connectivity index (χ4n) is 3.38. The fraction of sp³-hybridized carbons (Fsp3) is 0.500. The minimum Gasteiger partial charge on any atom is -0.336 e. The van der Waals surface area contributed by atoms with E-state index in [-0.39, 0.29) is 11.6 Å². The van der Waals surface area contributed by atoms with E-state index < -0.39 is 5.69 Å². The van der Waals surface area contributed by atoms with Crippen LogP contribution >= 0.6 is 0 Å². The summed E-state index contributed by atoms with van der Waals surface area (Å²) in [6.45, 7) is 7.93. The topological polar surface area (TPSA) is 82.2 Å². The average Bonchev–Trinajstić information content (AvgIpc) is 2.86. The number of H-pyrrole nitrogens is 1. The van der Waals surface area contributed by atoms with E-state index in [9.17, 15) is 9.59 Å². The molecule has 7 heteroatoms. The van der Waals surface area contributed by atoms with Crippen LogP contribution in [0.3, 0.4) is 0 Å². The zero-order valence-electron chi connectivity index (χ0n) is 16.0. The molecule has 0 aliphatic carbocycles. The van der Waals surface area contributed by atoms with E-state index in [1.54, 1.807) is 17.2 Å². The van der Waals surface area contributed by atoms with E-state index in [1.165, 1.54) is 0 Å². The first-order valence-corrected chi connectivity index (χ1v) is 9.53. The summed E-state index contributed by atoms with van der Waals surface area (Å²) in [4.78, 5) is 39.9. The van der Waals surface area contributed by atoms with Crippen molar-refractivity contribution in [3.63, 3.8) is 0 Å². The molecular formula is C20H27N5O2. The van der Waals surface area contributed by atoms with Crippen LogP contribution in [0.1, 0.15) is 42.1 Å². The van der Waals surface area contributed by atoms with Gasteiger partial charge in [0, 0.05) is 44.6 Å². The molecule has 1 aliphatic heterocycles. The smallest absolute Gasteiger partial charge is 0.336 e. The van der Waals surface area contributed by atoms with Crippen molar-refractivity contribution in [3.05, 3.63) is 58.0 Å². The molecule has 7 nitrogen and oxygen atoms in total. The Balaban J connectivity index is 1.65. The van der Waals surface area contributed by atoms with Gasteiger partial charge in [-0.3, -0.25) is 14.7 Å². The molecule has 144 valence electrons.